The minimum absolute atomic E-state index is 0.0945. The molecule has 1 aromatic heterocycles. The molecule has 198 valence electrons. The molecule has 0 saturated heterocycles. The molecule has 0 radical (unpaired) electrons. The average Bonchev–Trinajstić information content (AvgIpc) is 3.27. The van der Waals surface area contributed by atoms with Gasteiger partial charge in [-0.3, -0.25) is 9.59 Å². The van der Waals surface area contributed by atoms with Crippen molar-refractivity contribution < 1.29 is 22.8 Å². The van der Waals surface area contributed by atoms with Crippen molar-refractivity contribution >= 4 is 40.0 Å². The second kappa shape index (κ2) is 10.5. The molecular formula is C28H26ClF3N4O2. The number of hydrogen-bond donors (Lipinski definition) is 2. The van der Waals surface area contributed by atoms with Crippen molar-refractivity contribution in [2.45, 2.75) is 39.9 Å². The van der Waals surface area contributed by atoms with Crippen molar-refractivity contribution in [3.63, 3.8) is 0 Å². The van der Waals surface area contributed by atoms with E-state index in [1.54, 1.807) is 36.4 Å². The van der Waals surface area contributed by atoms with E-state index in [0.29, 0.717) is 28.6 Å². The topological polar surface area (TPSA) is 76.0 Å². The SMILES string of the molecule is CC(C)(C)CC(=O)NCc1ccc(Cl)c(C(=O)Nc2cccc3c2cnn3-c2cccc(C(F)(F)F)c2)c1. The van der Waals surface area contributed by atoms with Crippen LogP contribution in [-0.2, 0) is 17.5 Å². The van der Waals surface area contributed by atoms with Gasteiger partial charge in [-0.15, -0.1) is 0 Å². The number of carbonyl (C=O) groups is 2. The van der Waals surface area contributed by atoms with Crippen molar-refractivity contribution in [1.82, 2.24) is 15.1 Å². The number of benzene rings is 3. The van der Waals surface area contributed by atoms with Gasteiger partial charge in [-0.25, -0.2) is 4.68 Å². The molecule has 2 amide bonds. The van der Waals surface area contributed by atoms with E-state index in [0.717, 1.165) is 12.1 Å². The molecular weight excluding hydrogens is 517 g/mol. The number of halogens is 4. The normalized spacial score (nSPS) is 12.0. The molecule has 0 atom stereocenters. The van der Waals surface area contributed by atoms with Crippen LogP contribution >= 0.6 is 11.6 Å². The van der Waals surface area contributed by atoms with Gasteiger partial charge >= 0.3 is 6.18 Å². The van der Waals surface area contributed by atoms with Gasteiger partial charge in [0.05, 0.1) is 39.2 Å². The van der Waals surface area contributed by atoms with Crippen LogP contribution in [-0.4, -0.2) is 21.6 Å². The van der Waals surface area contributed by atoms with Crippen LogP contribution in [0.5, 0.6) is 0 Å². The zero-order valence-corrected chi connectivity index (χ0v) is 21.7. The van der Waals surface area contributed by atoms with Crippen LogP contribution in [0.3, 0.4) is 0 Å². The number of carbonyl (C=O) groups excluding carboxylic acids is 2. The van der Waals surface area contributed by atoms with Gasteiger partial charge in [0, 0.05) is 18.4 Å². The average molecular weight is 543 g/mol. The molecule has 4 rings (SSSR count). The maximum absolute atomic E-state index is 13.2. The third-order valence-electron chi connectivity index (χ3n) is 5.74. The second-order valence-corrected chi connectivity index (χ2v) is 10.5. The molecule has 2 N–H and O–H groups in total. The van der Waals surface area contributed by atoms with Crippen LogP contribution in [0.1, 0.15) is 48.7 Å². The summed E-state index contributed by atoms with van der Waals surface area (Å²) in [6.07, 6.45) is -2.64. The predicted molar refractivity (Wildman–Crippen MR) is 141 cm³/mol. The monoisotopic (exact) mass is 542 g/mol. The fourth-order valence-corrected chi connectivity index (χ4v) is 4.17. The zero-order chi connectivity index (χ0) is 27.7. The molecule has 1 heterocycles. The summed E-state index contributed by atoms with van der Waals surface area (Å²) in [5.74, 6) is -0.569. The summed E-state index contributed by atoms with van der Waals surface area (Å²) >= 11 is 6.30. The Bertz CT molecular complexity index is 1510. The Morgan fingerprint density at radius 1 is 1.00 bits per heavy atom. The third-order valence-corrected chi connectivity index (χ3v) is 6.07. The molecule has 0 aliphatic carbocycles. The fraction of sp³-hybridized carbons (Fsp3) is 0.250. The summed E-state index contributed by atoms with van der Waals surface area (Å²) in [5, 5.41) is 10.7. The van der Waals surface area contributed by atoms with Crippen LogP contribution in [0.2, 0.25) is 5.02 Å². The van der Waals surface area contributed by atoms with Gasteiger partial charge in [-0.05, 0) is 53.4 Å². The molecule has 0 spiro atoms. The Hall–Kier alpha value is -3.85. The van der Waals surface area contributed by atoms with Gasteiger partial charge in [0.1, 0.15) is 0 Å². The first-order valence-electron chi connectivity index (χ1n) is 11.8. The number of anilines is 1. The van der Waals surface area contributed by atoms with E-state index in [9.17, 15) is 22.8 Å². The van der Waals surface area contributed by atoms with Gasteiger partial charge < -0.3 is 10.6 Å². The lowest BCUT2D eigenvalue weighted by Crippen LogP contribution is -2.27. The first kappa shape index (κ1) is 27.2. The molecule has 0 bridgehead atoms. The predicted octanol–water partition coefficient (Wildman–Crippen LogP) is 7.00. The van der Waals surface area contributed by atoms with Gasteiger partial charge in [-0.1, -0.05) is 50.6 Å². The van der Waals surface area contributed by atoms with Crippen molar-refractivity contribution in [1.29, 1.82) is 0 Å². The highest BCUT2D eigenvalue weighted by atomic mass is 35.5. The first-order valence-corrected chi connectivity index (χ1v) is 12.2. The quantitative estimate of drug-likeness (QED) is 0.275. The summed E-state index contributed by atoms with van der Waals surface area (Å²) in [7, 11) is 0. The number of hydrogen-bond acceptors (Lipinski definition) is 3. The number of alkyl halides is 3. The Labute approximate surface area is 222 Å². The van der Waals surface area contributed by atoms with Crippen LogP contribution in [0.25, 0.3) is 16.6 Å². The Kier molecular flexibility index (Phi) is 7.51. The van der Waals surface area contributed by atoms with E-state index in [4.69, 9.17) is 11.6 Å². The summed E-state index contributed by atoms with van der Waals surface area (Å²) in [5.41, 5.74) is 1.17. The molecule has 3 aromatic carbocycles. The lowest BCUT2D eigenvalue weighted by molar-refractivity contribution is -0.137. The summed E-state index contributed by atoms with van der Waals surface area (Å²) < 4.78 is 41.0. The maximum atomic E-state index is 13.2. The smallest absolute Gasteiger partial charge is 0.352 e. The molecule has 4 aromatic rings. The van der Waals surface area contributed by atoms with E-state index in [1.807, 2.05) is 20.8 Å². The van der Waals surface area contributed by atoms with Crippen LogP contribution < -0.4 is 10.6 Å². The molecule has 6 nitrogen and oxygen atoms in total. The van der Waals surface area contributed by atoms with Crippen molar-refractivity contribution in [3.05, 3.63) is 88.6 Å². The number of rotatable bonds is 6. The maximum Gasteiger partial charge on any atom is 0.416 e. The van der Waals surface area contributed by atoms with Crippen molar-refractivity contribution in [3.8, 4) is 5.69 Å². The Balaban J connectivity index is 1.56. The summed E-state index contributed by atoms with van der Waals surface area (Å²) in [6.45, 7) is 6.16. The summed E-state index contributed by atoms with van der Waals surface area (Å²) in [6, 6.07) is 14.8. The molecule has 10 heteroatoms. The number of aromatic nitrogens is 2. The number of nitrogens with one attached hydrogen (secondary N) is 2. The van der Waals surface area contributed by atoms with E-state index >= 15 is 0 Å². The standard InChI is InChI=1S/C28H26ClF3N4O2/c1-27(2,3)14-25(37)33-15-17-10-11-22(29)20(12-17)26(38)35-23-8-5-9-24-21(23)16-34-36(24)19-7-4-6-18(13-19)28(30,31)32/h4-13,16H,14-15H2,1-3H3,(H,33,37)(H,35,38). The second-order valence-electron chi connectivity index (χ2n) is 10.1. The van der Waals surface area contributed by atoms with Crippen molar-refractivity contribution in [2.24, 2.45) is 5.41 Å². The van der Waals surface area contributed by atoms with E-state index in [1.165, 1.54) is 23.0 Å². The molecule has 0 saturated carbocycles. The van der Waals surface area contributed by atoms with Gasteiger partial charge in [0.25, 0.3) is 5.91 Å². The largest absolute Gasteiger partial charge is 0.416 e. The molecule has 0 fully saturated rings. The number of nitrogens with zero attached hydrogens (tertiary/aromatic N) is 2. The molecule has 0 aliphatic heterocycles. The Morgan fingerprint density at radius 3 is 2.45 bits per heavy atom. The van der Waals surface area contributed by atoms with Gasteiger partial charge in [-0.2, -0.15) is 18.3 Å². The summed E-state index contributed by atoms with van der Waals surface area (Å²) in [4.78, 5) is 25.3. The first-order chi connectivity index (χ1) is 17.8. The third kappa shape index (κ3) is 6.34. The van der Waals surface area contributed by atoms with E-state index in [-0.39, 0.29) is 34.1 Å². The van der Waals surface area contributed by atoms with Crippen molar-refractivity contribution in [2.75, 3.05) is 5.32 Å². The minimum atomic E-state index is -4.48. The lowest BCUT2D eigenvalue weighted by atomic mass is 9.92. The van der Waals surface area contributed by atoms with Crippen LogP contribution in [0.15, 0.2) is 66.9 Å². The molecule has 38 heavy (non-hydrogen) atoms. The van der Waals surface area contributed by atoms with Crippen LogP contribution in [0, 0.1) is 5.41 Å². The number of fused-ring (bicyclic) bond motifs is 1. The van der Waals surface area contributed by atoms with Gasteiger partial charge in [0.2, 0.25) is 5.91 Å². The fourth-order valence-electron chi connectivity index (χ4n) is 3.97. The highest BCUT2D eigenvalue weighted by Crippen LogP contribution is 2.32. The highest BCUT2D eigenvalue weighted by Gasteiger charge is 2.30. The molecule has 0 unspecified atom stereocenters. The van der Waals surface area contributed by atoms with Gasteiger partial charge in [0.15, 0.2) is 0 Å². The minimum Gasteiger partial charge on any atom is -0.352 e. The molecule has 0 aliphatic rings. The van der Waals surface area contributed by atoms with Crippen LogP contribution in [0.4, 0.5) is 18.9 Å². The number of amides is 2. The zero-order valence-electron chi connectivity index (χ0n) is 21.0. The highest BCUT2D eigenvalue weighted by molar-refractivity contribution is 6.34. The lowest BCUT2D eigenvalue weighted by Gasteiger charge is -2.17. The Morgan fingerprint density at radius 2 is 1.74 bits per heavy atom. The van der Waals surface area contributed by atoms with E-state index < -0.39 is 17.6 Å². The van der Waals surface area contributed by atoms with E-state index in [2.05, 4.69) is 15.7 Å².